The second-order valence-electron chi connectivity index (χ2n) is 6.04. The first-order valence-corrected chi connectivity index (χ1v) is 8.98. The van der Waals surface area contributed by atoms with Crippen molar-refractivity contribution in [1.82, 2.24) is 15.4 Å². The Kier molecular flexibility index (Phi) is 6.38. The van der Waals surface area contributed by atoms with Gasteiger partial charge in [-0.2, -0.15) is 4.98 Å². The Balaban J connectivity index is 1.77. The van der Waals surface area contributed by atoms with E-state index in [1.165, 1.54) is 7.11 Å². The SMILES string of the molecule is CCc1ccc(Oc2ncnc(NNC(=O)c3ccc(OC)cc3)c2[N+](=O)[O-])cc1. The number of amides is 1. The molecule has 0 saturated heterocycles. The second-order valence-corrected chi connectivity index (χ2v) is 6.04. The molecule has 0 unspecified atom stereocenters. The van der Waals surface area contributed by atoms with Crippen LogP contribution >= 0.6 is 0 Å². The lowest BCUT2D eigenvalue weighted by Gasteiger charge is -2.11. The number of nitro groups is 1. The van der Waals surface area contributed by atoms with E-state index in [1.54, 1.807) is 36.4 Å². The molecule has 0 aliphatic heterocycles. The Bertz CT molecular complexity index is 1040. The molecule has 2 N–H and O–H groups in total. The molecule has 10 nitrogen and oxygen atoms in total. The average molecular weight is 409 g/mol. The molecule has 0 atom stereocenters. The molecule has 154 valence electrons. The molecule has 0 aliphatic carbocycles. The van der Waals surface area contributed by atoms with E-state index in [0.29, 0.717) is 17.1 Å². The maximum Gasteiger partial charge on any atom is 0.374 e. The van der Waals surface area contributed by atoms with E-state index in [9.17, 15) is 14.9 Å². The smallest absolute Gasteiger partial charge is 0.374 e. The Morgan fingerprint density at radius 3 is 2.33 bits per heavy atom. The molecule has 0 bridgehead atoms. The largest absolute Gasteiger partial charge is 0.497 e. The summed E-state index contributed by atoms with van der Waals surface area (Å²) in [4.78, 5) is 30.9. The van der Waals surface area contributed by atoms with E-state index in [2.05, 4.69) is 20.8 Å². The molecule has 1 amide bonds. The van der Waals surface area contributed by atoms with Crippen LogP contribution in [0.3, 0.4) is 0 Å². The number of carbonyl (C=O) groups is 1. The zero-order chi connectivity index (χ0) is 21.5. The summed E-state index contributed by atoms with van der Waals surface area (Å²) < 4.78 is 10.6. The molecular formula is C20H19N5O5. The predicted molar refractivity (Wildman–Crippen MR) is 109 cm³/mol. The summed E-state index contributed by atoms with van der Waals surface area (Å²) in [5, 5.41) is 11.6. The lowest BCUT2D eigenvalue weighted by atomic mass is 10.2. The van der Waals surface area contributed by atoms with Crippen LogP contribution in [-0.4, -0.2) is 27.9 Å². The number of hydrazine groups is 1. The Hall–Kier alpha value is -4.21. The summed E-state index contributed by atoms with van der Waals surface area (Å²) in [5.74, 6) is 0.0163. The Morgan fingerprint density at radius 2 is 1.73 bits per heavy atom. The number of hydrogen-bond acceptors (Lipinski definition) is 8. The molecule has 10 heteroatoms. The van der Waals surface area contributed by atoms with Crippen LogP contribution in [0.2, 0.25) is 0 Å². The van der Waals surface area contributed by atoms with Crippen molar-refractivity contribution in [1.29, 1.82) is 0 Å². The van der Waals surface area contributed by atoms with Gasteiger partial charge in [0.25, 0.3) is 5.91 Å². The van der Waals surface area contributed by atoms with Crippen LogP contribution in [0.4, 0.5) is 11.5 Å². The summed E-state index contributed by atoms with van der Waals surface area (Å²) in [6, 6.07) is 13.5. The minimum absolute atomic E-state index is 0.211. The predicted octanol–water partition coefficient (Wildman–Crippen LogP) is 3.51. The van der Waals surface area contributed by atoms with Crippen LogP contribution in [-0.2, 0) is 6.42 Å². The molecule has 1 aromatic heterocycles. The lowest BCUT2D eigenvalue weighted by molar-refractivity contribution is -0.385. The van der Waals surface area contributed by atoms with Gasteiger partial charge in [0.2, 0.25) is 5.82 Å². The molecule has 0 saturated carbocycles. The zero-order valence-corrected chi connectivity index (χ0v) is 16.3. The summed E-state index contributed by atoms with van der Waals surface area (Å²) in [5.41, 5.74) is 5.76. The fourth-order valence-electron chi connectivity index (χ4n) is 2.53. The van der Waals surface area contributed by atoms with Crippen LogP contribution in [0, 0.1) is 10.1 Å². The standard InChI is InChI=1S/C20H19N5O5/c1-3-13-4-8-16(9-5-13)30-20-17(25(27)28)18(21-12-22-20)23-24-19(26)14-6-10-15(29-2)11-7-14/h4-12H,3H2,1-2H3,(H,24,26)(H,21,22,23). The van der Waals surface area contributed by atoms with Crippen molar-refractivity contribution < 1.29 is 19.2 Å². The lowest BCUT2D eigenvalue weighted by Crippen LogP contribution is -2.30. The second kappa shape index (κ2) is 9.32. The molecule has 0 fully saturated rings. The van der Waals surface area contributed by atoms with Crippen LogP contribution < -0.4 is 20.3 Å². The number of aromatic nitrogens is 2. The quantitative estimate of drug-likeness (QED) is 0.427. The van der Waals surface area contributed by atoms with Gasteiger partial charge in [0, 0.05) is 5.56 Å². The van der Waals surface area contributed by atoms with Gasteiger partial charge in [-0.3, -0.25) is 25.8 Å². The van der Waals surface area contributed by atoms with Gasteiger partial charge in [-0.05, 0) is 48.4 Å². The van der Waals surface area contributed by atoms with Crippen molar-refractivity contribution in [3.05, 3.63) is 76.1 Å². The number of methoxy groups -OCH3 is 1. The van der Waals surface area contributed by atoms with Crippen molar-refractivity contribution in [3.8, 4) is 17.4 Å². The molecular weight excluding hydrogens is 390 g/mol. The monoisotopic (exact) mass is 409 g/mol. The number of benzene rings is 2. The molecule has 3 aromatic rings. The maximum absolute atomic E-state index is 12.3. The summed E-state index contributed by atoms with van der Waals surface area (Å²) >= 11 is 0. The van der Waals surface area contributed by atoms with Crippen LogP contribution in [0.15, 0.2) is 54.9 Å². The van der Waals surface area contributed by atoms with Gasteiger partial charge in [-0.1, -0.05) is 19.1 Å². The van der Waals surface area contributed by atoms with E-state index in [-0.39, 0.29) is 11.7 Å². The van der Waals surface area contributed by atoms with Gasteiger partial charge in [0.1, 0.15) is 17.8 Å². The highest BCUT2D eigenvalue weighted by Gasteiger charge is 2.25. The molecule has 3 rings (SSSR count). The summed E-state index contributed by atoms with van der Waals surface area (Å²) in [6.45, 7) is 2.02. The minimum Gasteiger partial charge on any atom is -0.497 e. The number of aryl methyl sites for hydroxylation is 1. The van der Waals surface area contributed by atoms with Crippen LogP contribution in [0.5, 0.6) is 17.4 Å². The first-order valence-electron chi connectivity index (χ1n) is 8.98. The van der Waals surface area contributed by atoms with Gasteiger partial charge in [0.15, 0.2) is 0 Å². The van der Waals surface area contributed by atoms with Crippen molar-refractivity contribution in [2.24, 2.45) is 0 Å². The van der Waals surface area contributed by atoms with Crippen LogP contribution in [0.1, 0.15) is 22.8 Å². The number of nitrogens with one attached hydrogen (secondary N) is 2. The average Bonchev–Trinajstić information content (AvgIpc) is 2.78. The number of rotatable bonds is 8. The van der Waals surface area contributed by atoms with Gasteiger partial charge in [-0.25, -0.2) is 4.98 Å². The van der Waals surface area contributed by atoms with E-state index >= 15 is 0 Å². The third kappa shape index (κ3) is 4.79. The van der Waals surface area contributed by atoms with E-state index in [0.717, 1.165) is 18.3 Å². The third-order valence-corrected chi connectivity index (χ3v) is 4.16. The highest BCUT2D eigenvalue weighted by atomic mass is 16.6. The first-order chi connectivity index (χ1) is 14.5. The maximum atomic E-state index is 12.3. The normalized spacial score (nSPS) is 10.2. The molecule has 0 aliphatic rings. The molecule has 0 radical (unpaired) electrons. The minimum atomic E-state index is -0.683. The number of anilines is 1. The van der Waals surface area contributed by atoms with E-state index in [1.807, 2.05) is 19.1 Å². The van der Waals surface area contributed by atoms with Gasteiger partial charge in [0.05, 0.1) is 12.0 Å². The number of hydrogen-bond donors (Lipinski definition) is 2. The van der Waals surface area contributed by atoms with Gasteiger partial charge >= 0.3 is 11.6 Å². The molecule has 0 spiro atoms. The fraction of sp³-hybridized carbons (Fsp3) is 0.150. The van der Waals surface area contributed by atoms with Crippen molar-refractivity contribution in [3.63, 3.8) is 0 Å². The van der Waals surface area contributed by atoms with Crippen molar-refractivity contribution >= 4 is 17.4 Å². The van der Waals surface area contributed by atoms with Gasteiger partial charge in [-0.15, -0.1) is 0 Å². The topological polar surface area (TPSA) is 129 Å². The number of ether oxygens (including phenoxy) is 2. The van der Waals surface area contributed by atoms with E-state index in [4.69, 9.17) is 9.47 Å². The van der Waals surface area contributed by atoms with Crippen molar-refractivity contribution in [2.45, 2.75) is 13.3 Å². The number of nitrogens with zero attached hydrogens (tertiary/aromatic N) is 3. The third-order valence-electron chi connectivity index (χ3n) is 4.16. The molecule has 1 heterocycles. The van der Waals surface area contributed by atoms with Gasteiger partial charge < -0.3 is 9.47 Å². The van der Waals surface area contributed by atoms with Crippen LogP contribution in [0.25, 0.3) is 0 Å². The highest BCUT2D eigenvalue weighted by molar-refractivity contribution is 5.95. The Labute approximate surface area is 172 Å². The first kappa shape index (κ1) is 20.5. The fourth-order valence-corrected chi connectivity index (χ4v) is 2.53. The molecule has 30 heavy (non-hydrogen) atoms. The van der Waals surface area contributed by atoms with E-state index < -0.39 is 16.5 Å². The zero-order valence-electron chi connectivity index (χ0n) is 16.3. The summed E-state index contributed by atoms with van der Waals surface area (Å²) in [7, 11) is 1.52. The highest BCUT2D eigenvalue weighted by Crippen LogP contribution is 2.33. The Morgan fingerprint density at radius 1 is 1.07 bits per heavy atom. The number of carbonyl (C=O) groups excluding carboxylic acids is 1. The molecule has 2 aromatic carbocycles. The summed E-state index contributed by atoms with van der Waals surface area (Å²) in [6.07, 6.45) is 1.96. The van der Waals surface area contributed by atoms with Crippen molar-refractivity contribution in [2.75, 3.05) is 12.5 Å².